The summed E-state index contributed by atoms with van der Waals surface area (Å²) < 4.78 is 2.69. The number of pyridine rings is 4. The van der Waals surface area contributed by atoms with E-state index < -0.39 is 5.97 Å². The van der Waals surface area contributed by atoms with Gasteiger partial charge in [-0.1, -0.05) is 67.5 Å². The first-order valence-corrected chi connectivity index (χ1v) is 17.2. The molecule has 0 amide bonds. The molecule has 0 saturated carbocycles. The van der Waals surface area contributed by atoms with Crippen molar-refractivity contribution in [3.63, 3.8) is 0 Å². The molecule has 0 aliphatic carbocycles. The number of rotatable bonds is 7. The zero-order valence-electron chi connectivity index (χ0n) is 28.1. The monoisotopic (exact) mass is 832 g/mol. The number of halogens is 2. The van der Waals surface area contributed by atoms with E-state index in [-0.39, 0.29) is 37.8 Å². The van der Waals surface area contributed by atoms with E-state index in [9.17, 15) is 19.2 Å². The maximum absolute atomic E-state index is 10.8. The Kier molecular flexibility index (Phi) is 34.4. The maximum atomic E-state index is 10.8. The predicted octanol–water partition coefficient (Wildman–Crippen LogP) is 9.77. The van der Waals surface area contributed by atoms with Crippen molar-refractivity contribution in [1.82, 2.24) is 19.9 Å². The Morgan fingerprint density at radius 3 is 1.18 bits per heavy atom. The number of carboxylic acids is 1. The summed E-state index contributed by atoms with van der Waals surface area (Å²) in [6.45, 7) is 12.5. The molecule has 50 heavy (non-hydrogen) atoms. The van der Waals surface area contributed by atoms with Gasteiger partial charge in [0, 0.05) is 63.5 Å². The molecule has 4 aromatic rings. The number of hydrogen-bond acceptors (Lipinski definition) is 10. The Morgan fingerprint density at radius 1 is 0.660 bits per heavy atom. The Hall–Kier alpha value is -3.75. The van der Waals surface area contributed by atoms with Crippen LogP contribution in [0.25, 0.3) is 0 Å². The van der Waals surface area contributed by atoms with Gasteiger partial charge in [0.15, 0.2) is 17.3 Å². The number of alkyl halides is 2. The third-order valence-electron chi connectivity index (χ3n) is 5.49. The van der Waals surface area contributed by atoms with Crippen LogP contribution in [-0.4, -0.2) is 56.0 Å². The number of aryl methyl sites for hydroxylation is 2. The molecular weight excluding hydrogens is 785 g/mol. The molecule has 0 aliphatic rings. The number of ketones is 3. The molecule has 0 aliphatic heterocycles. The van der Waals surface area contributed by atoms with Gasteiger partial charge in [-0.2, -0.15) is 0 Å². The average molecular weight is 835 g/mol. The molecule has 0 spiro atoms. The number of Topliss-reactive ketones (excluding diaryl/α,β-unsaturated/α-hetero) is 3. The minimum absolute atomic E-state index is 0. The third-order valence-corrected chi connectivity index (χ3v) is 6.64. The SMILES string of the molecule is C.C.CC.CC(=O)c1ccc(C)nc1.CC(=O)c1ccc(CBr)nc1.CC(=O)c1ccc(CBr)nc1.CCc1ccc(C(=O)O)cn1.[B]=NS. The van der Waals surface area contributed by atoms with Gasteiger partial charge in [-0.25, -0.2) is 4.79 Å². The second-order valence-corrected chi connectivity index (χ2v) is 10.4. The van der Waals surface area contributed by atoms with Crippen LogP contribution >= 0.6 is 44.7 Å². The van der Waals surface area contributed by atoms with Gasteiger partial charge in [-0.3, -0.25) is 34.3 Å². The Labute approximate surface area is 321 Å². The zero-order chi connectivity index (χ0) is 37.1. The van der Waals surface area contributed by atoms with E-state index in [4.69, 9.17) is 5.11 Å². The van der Waals surface area contributed by atoms with Gasteiger partial charge >= 0.3 is 30.7 Å². The van der Waals surface area contributed by atoms with Crippen LogP contribution in [0.2, 0.25) is 0 Å². The van der Waals surface area contributed by atoms with Crippen molar-refractivity contribution in [1.29, 1.82) is 0 Å². The van der Waals surface area contributed by atoms with Gasteiger partial charge in [0.2, 0.25) is 0 Å². The average Bonchev–Trinajstić information content (AvgIpc) is 3.10. The first-order valence-electron chi connectivity index (χ1n) is 14.5. The van der Waals surface area contributed by atoms with Gasteiger partial charge in [0.1, 0.15) is 0 Å². The summed E-state index contributed by atoms with van der Waals surface area (Å²) in [5.74, 6) is -0.759. The van der Waals surface area contributed by atoms with Crippen molar-refractivity contribution in [2.24, 2.45) is 4.30 Å². The fourth-order valence-electron chi connectivity index (χ4n) is 2.86. The van der Waals surface area contributed by atoms with E-state index in [1.807, 2.05) is 45.9 Å². The molecular formula is C36H49BBr2N5O5S. The van der Waals surface area contributed by atoms with Crippen LogP contribution in [0.15, 0.2) is 77.6 Å². The fraction of sp³-hybridized carbons (Fsp3) is 0.333. The number of carbonyl (C=O) groups is 4. The first kappa shape index (κ1) is 53.1. The number of carboxylic acid groups (broad SMARTS) is 1. The zero-order valence-corrected chi connectivity index (χ0v) is 32.2. The summed E-state index contributed by atoms with van der Waals surface area (Å²) in [5.41, 5.74) is 5.96. The summed E-state index contributed by atoms with van der Waals surface area (Å²) in [6, 6.07) is 14.1. The molecule has 1 N–H and O–H groups in total. The summed E-state index contributed by atoms with van der Waals surface area (Å²) in [4.78, 5) is 58.7. The van der Waals surface area contributed by atoms with Crippen LogP contribution < -0.4 is 0 Å². The second-order valence-electron chi connectivity index (χ2n) is 9.01. The van der Waals surface area contributed by atoms with Crippen molar-refractivity contribution in [2.45, 2.75) is 80.4 Å². The second kappa shape index (κ2) is 32.5. The molecule has 0 aromatic carbocycles. The van der Waals surface area contributed by atoms with E-state index in [2.05, 4.69) is 76.5 Å². The number of carbonyl (C=O) groups excluding carboxylic acids is 3. The summed E-state index contributed by atoms with van der Waals surface area (Å²) in [6.07, 6.45) is 7.00. The molecule has 4 rings (SSSR count). The van der Waals surface area contributed by atoms with Gasteiger partial charge < -0.3 is 5.11 Å². The van der Waals surface area contributed by atoms with Crippen LogP contribution in [0.1, 0.15) is 121 Å². The number of nitrogens with zero attached hydrogens (tertiary/aromatic N) is 5. The van der Waals surface area contributed by atoms with Crippen molar-refractivity contribution in [2.75, 3.05) is 0 Å². The van der Waals surface area contributed by atoms with Crippen LogP contribution in [0.5, 0.6) is 0 Å². The van der Waals surface area contributed by atoms with Crippen molar-refractivity contribution in [3.05, 3.63) is 118 Å². The molecule has 0 unspecified atom stereocenters. The normalized spacial score (nSPS) is 8.58. The number of aromatic nitrogens is 4. The van der Waals surface area contributed by atoms with Gasteiger partial charge in [-0.05, 0) is 82.6 Å². The molecule has 1 radical (unpaired) electrons. The van der Waals surface area contributed by atoms with E-state index in [1.165, 1.54) is 27.0 Å². The van der Waals surface area contributed by atoms with Crippen LogP contribution in [0, 0.1) is 6.92 Å². The Balaban J connectivity index is -0.000000267. The van der Waals surface area contributed by atoms with E-state index in [0.717, 1.165) is 39.9 Å². The topological polar surface area (TPSA) is 152 Å². The number of thiol groups is 1. The predicted molar refractivity (Wildman–Crippen MR) is 215 cm³/mol. The molecule has 0 bridgehead atoms. The summed E-state index contributed by atoms with van der Waals surface area (Å²) in [5, 5.41) is 9.96. The van der Waals surface area contributed by atoms with Crippen molar-refractivity contribution in [3.8, 4) is 0 Å². The molecule has 10 nitrogen and oxygen atoms in total. The van der Waals surface area contributed by atoms with Gasteiger partial charge in [0.25, 0.3) is 0 Å². The Bertz CT molecular complexity index is 1390. The fourth-order valence-corrected chi connectivity index (χ4v) is 3.52. The van der Waals surface area contributed by atoms with E-state index in [1.54, 1.807) is 48.9 Å². The summed E-state index contributed by atoms with van der Waals surface area (Å²) in [7, 11) is 4.34. The molecule has 4 aromatic heterocycles. The molecule has 0 atom stereocenters. The number of hydrogen-bond donors (Lipinski definition) is 2. The van der Waals surface area contributed by atoms with Gasteiger partial charge in [0.05, 0.1) is 17.0 Å². The van der Waals surface area contributed by atoms with Crippen LogP contribution in [-0.2, 0) is 17.1 Å². The quantitative estimate of drug-likeness (QED) is 0.0802. The number of aromatic carboxylic acids is 1. The van der Waals surface area contributed by atoms with E-state index in [0.29, 0.717) is 16.7 Å². The van der Waals surface area contributed by atoms with Crippen LogP contribution in [0.4, 0.5) is 0 Å². The van der Waals surface area contributed by atoms with Crippen LogP contribution in [0.3, 0.4) is 0 Å². The van der Waals surface area contributed by atoms with E-state index >= 15 is 0 Å². The molecule has 0 saturated heterocycles. The van der Waals surface area contributed by atoms with Gasteiger partial charge in [-0.15, -0.1) is 0 Å². The molecule has 4 heterocycles. The first-order chi connectivity index (χ1) is 22.8. The van der Waals surface area contributed by atoms with Crippen molar-refractivity contribution < 1.29 is 24.3 Å². The molecule has 0 fully saturated rings. The third kappa shape index (κ3) is 24.4. The Morgan fingerprint density at radius 2 is 0.960 bits per heavy atom. The van der Waals surface area contributed by atoms with Crippen molar-refractivity contribution >= 4 is 75.6 Å². The minimum atomic E-state index is -0.930. The summed E-state index contributed by atoms with van der Waals surface area (Å²) >= 11 is 9.73. The molecule has 271 valence electrons. The standard InChI is InChI=1S/2C8H8BrNO.C8H9NO2.C8H9NO.C2H6.2CH4.BHNS/c2*1-6(11)7-2-3-8(4-9)10-5-7;1-2-7-4-3-6(5-9-7)8(10)11;1-6-3-4-8(5-9-6)7(2)10;1-2;;;1-2-3/h2*2-3,5H,4H2,1H3;3-5H,2H2,1H3,(H,10,11);3-5H,1-2H3;1-2H3;2*1H4;3H. The molecule has 14 heteroatoms.